The summed E-state index contributed by atoms with van der Waals surface area (Å²) in [6.07, 6.45) is 7.22. The Labute approximate surface area is 75.4 Å². The van der Waals surface area contributed by atoms with E-state index in [1.54, 1.807) is 7.11 Å². The van der Waals surface area contributed by atoms with Gasteiger partial charge in [-0.15, -0.1) is 0 Å². The molecule has 0 saturated carbocycles. The van der Waals surface area contributed by atoms with Gasteiger partial charge in [-0.3, -0.25) is 0 Å². The van der Waals surface area contributed by atoms with Crippen LogP contribution in [0.4, 0.5) is 0 Å². The zero-order valence-electron chi connectivity index (χ0n) is 8.26. The second-order valence-electron chi connectivity index (χ2n) is 2.96. The summed E-state index contributed by atoms with van der Waals surface area (Å²) in [5.41, 5.74) is 2.42. The van der Waals surface area contributed by atoms with Crippen LogP contribution in [0.2, 0.25) is 0 Å². The number of hydrogen-bond donors (Lipinski definition) is 0. The Balaban J connectivity index is 3.69. The van der Waals surface area contributed by atoms with E-state index in [-0.39, 0.29) is 0 Å². The van der Waals surface area contributed by atoms with Gasteiger partial charge in [0.25, 0.3) is 0 Å². The van der Waals surface area contributed by atoms with Gasteiger partial charge in [0.15, 0.2) is 0 Å². The first-order valence-electron chi connectivity index (χ1n) is 4.13. The largest absolute Gasteiger partial charge is 0.381 e. The van der Waals surface area contributed by atoms with Crippen molar-refractivity contribution in [1.82, 2.24) is 0 Å². The van der Waals surface area contributed by atoms with Crippen LogP contribution in [0.25, 0.3) is 0 Å². The molecule has 0 N–H and O–H groups in total. The average molecular weight is 166 g/mol. The van der Waals surface area contributed by atoms with Crippen LogP contribution in [0, 0.1) is 0 Å². The molecule has 0 rings (SSSR count). The van der Waals surface area contributed by atoms with Crippen molar-refractivity contribution in [2.24, 2.45) is 0 Å². The Morgan fingerprint density at radius 1 is 1.42 bits per heavy atom. The molecule has 0 aromatic rings. The highest BCUT2D eigenvalue weighted by molar-refractivity contribution is 5.14. The minimum Gasteiger partial charge on any atom is -0.381 e. The maximum absolute atomic E-state index is 4.92. The van der Waals surface area contributed by atoms with Crippen molar-refractivity contribution in [2.45, 2.75) is 20.3 Å². The molecule has 0 aliphatic heterocycles. The molecule has 0 fully saturated rings. The second-order valence-corrected chi connectivity index (χ2v) is 2.96. The van der Waals surface area contributed by atoms with Gasteiger partial charge in [0, 0.05) is 7.11 Å². The lowest BCUT2D eigenvalue weighted by Gasteiger charge is -1.95. The monoisotopic (exact) mass is 166 g/mol. The summed E-state index contributed by atoms with van der Waals surface area (Å²) < 4.78 is 4.92. The third-order valence-corrected chi connectivity index (χ3v) is 1.44. The lowest BCUT2D eigenvalue weighted by molar-refractivity contribution is 0.233. The van der Waals surface area contributed by atoms with E-state index in [2.05, 4.69) is 25.7 Å². The van der Waals surface area contributed by atoms with E-state index in [9.17, 15) is 0 Å². The van der Waals surface area contributed by atoms with Gasteiger partial charge in [0.1, 0.15) is 0 Å². The summed E-state index contributed by atoms with van der Waals surface area (Å²) in [5.74, 6) is 0. The molecule has 68 valence electrons. The predicted molar refractivity (Wildman–Crippen MR) is 54.2 cm³/mol. The van der Waals surface area contributed by atoms with Gasteiger partial charge in [0.2, 0.25) is 0 Å². The van der Waals surface area contributed by atoms with Crippen LogP contribution >= 0.6 is 0 Å². The van der Waals surface area contributed by atoms with Crippen molar-refractivity contribution in [1.29, 1.82) is 0 Å². The highest BCUT2D eigenvalue weighted by Gasteiger charge is 1.84. The molecule has 0 aromatic carbocycles. The molecule has 12 heavy (non-hydrogen) atoms. The molecule has 0 amide bonds. The number of methoxy groups -OCH3 is 1. The van der Waals surface area contributed by atoms with Crippen molar-refractivity contribution in [3.8, 4) is 0 Å². The van der Waals surface area contributed by atoms with Gasteiger partial charge in [-0.25, -0.2) is 0 Å². The van der Waals surface area contributed by atoms with Crippen LogP contribution in [-0.4, -0.2) is 13.7 Å². The number of rotatable bonds is 5. The summed E-state index contributed by atoms with van der Waals surface area (Å²) in [4.78, 5) is 0. The first-order chi connectivity index (χ1) is 5.66. The summed E-state index contributed by atoms with van der Waals surface area (Å²) >= 11 is 0. The lowest BCUT2D eigenvalue weighted by Crippen LogP contribution is -1.83. The summed E-state index contributed by atoms with van der Waals surface area (Å²) in [5, 5.41) is 0. The van der Waals surface area contributed by atoms with Crippen molar-refractivity contribution >= 4 is 0 Å². The number of allylic oxidation sites excluding steroid dienone is 4. The number of hydrogen-bond acceptors (Lipinski definition) is 1. The third kappa shape index (κ3) is 7.29. The molecule has 0 radical (unpaired) electrons. The zero-order chi connectivity index (χ0) is 9.40. The molecular formula is C11H18O. The fourth-order valence-electron chi connectivity index (χ4n) is 0.755. The van der Waals surface area contributed by atoms with Crippen molar-refractivity contribution in [3.05, 3.63) is 36.0 Å². The quantitative estimate of drug-likeness (QED) is 0.450. The minimum atomic E-state index is 0.701. The summed E-state index contributed by atoms with van der Waals surface area (Å²) in [6.45, 7) is 8.57. The van der Waals surface area contributed by atoms with E-state index in [0.29, 0.717) is 6.61 Å². The van der Waals surface area contributed by atoms with Crippen LogP contribution in [0.3, 0.4) is 0 Å². The molecule has 1 nitrogen and oxygen atoms in total. The predicted octanol–water partition coefficient (Wildman–Crippen LogP) is 3.10. The van der Waals surface area contributed by atoms with Gasteiger partial charge >= 0.3 is 0 Å². The van der Waals surface area contributed by atoms with E-state index in [0.717, 1.165) is 12.0 Å². The molecule has 0 bridgehead atoms. The Morgan fingerprint density at radius 3 is 2.58 bits per heavy atom. The second kappa shape index (κ2) is 6.86. The van der Waals surface area contributed by atoms with Gasteiger partial charge in [-0.2, -0.15) is 0 Å². The van der Waals surface area contributed by atoms with Crippen LogP contribution in [0.1, 0.15) is 20.3 Å². The molecule has 0 aromatic heterocycles. The molecule has 0 aliphatic rings. The fourth-order valence-corrected chi connectivity index (χ4v) is 0.755. The molecule has 0 atom stereocenters. The maximum atomic E-state index is 4.92. The smallest absolute Gasteiger partial charge is 0.0646 e. The third-order valence-electron chi connectivity index (χ3n) is 1.44. The first kappa shape index (κ1) is 11.2. The van der Waals surface area contributed by atoms with Crippen molar-refractivity contribution in [2.75, 3.05) is 13.7 Å². The molecule has 0 heterocycles. The topological polar surface area (TPSA) is 9.23 Å². The summed E-state index contributed by atoms with van der Waals surface area (Å²) in [7, 11) is 1.70. The van der Waals surface area contributed by atoms with Crippen molar-refractivity contribution in [3.63, 3.8) is 0 Å². The SMILES string of the molecule is C=C(C)/C=C/C/C(C)=C/COC. The molecular weight excluding hydrogens is 148 g/mol. The Morgan fingerprint density at radius 2 is 2.08 bits per heavy atom. The minimum absolute atomic E-state index is 0.701. The standard InChI is InChI=1S/C11H18O/c1-10(2)6-5-7-11(3)8-9-12-4/h5-6,8H,1,7,9H2,2-4H3/b6-5+,11-8+. The Hall–Kier alpha value is -0.820. The molecule has 0 spiro atoms. The van der Waals surface area contributed by atoms with Gasteiger partial charge < -0.3 is 4.74 Å². The molecule has 0 unspecified atom stereocenters. The lowest BCUT2D eigenvalue weighted by atomic mass is 10.2. The Bertz CT molecular complexity index is 187. The highest BCUT2D eigenvalue weighted by atomic mass is 16.5. The fraction of sp³-hybridized carbons (Fsp3) is 0.455. The van der Waals surface area contributed by atoms with Gasteiger partial charge in [-0.1, -0.05) is 36.0 Å². The average Bonchev–Trinajstić information content (AvgIpc) is 2.00. The molecule has 0 saturated heterocycles. The van der Waals surface area contributed by atoms with E-state index < -0.39 is 0 Å². The summed E-state index contributed by atoms with van der Waals surface area (Å²) in [6, 6.07) is 0. The molecule has 0 aliphatic carbocycles. The number of ether oxygens (including phenoxy) is 1. The van der Waals surface area contributed by atoms with Gasteiger partial charge in [0.05, 0.1) is 6.61 Å². The van der Waals surface area contributed by atoms with E-state index in [1.165, 1.54) is 5.57 Å². The van der Waals surface area contributed by atoms with E-state index in [1.807, 2.05) is 13.0 Å². The maximum Gasteiger partial charge on any atom is 0.0646 e. The normalized spacial score (nSPS) is 12.4. The van der Waals surface area contributed by atoms with E-state index >= 15 is 0 Å². The van der Waals surface area contributed by atoms with Crippen molar-refractivity contribution < 1.29 is 4.74 Å². The van der Waals surface area contributed by atoms with Crippen LogP contribution in [0.5, 0.6) is 0 Å². The first-order valence-corrected chi connectivity index (χ1v) is 4.13. The van der Waals surface area contributed by atoms with Crippen LogP contribution < -0.4 is 0 Å². The molecule has 1 heteroatoms. The highest BCUT2D eigenvalue weighted by Crippen LogP contribution is 2.02. The van der Waals surface area contributed by atoms with Crippen LogP contribution in [-0.2, 0) is 4.74 Å². The van der Waals surface area contributed by atoms with Gasteiger partial charge in [-0.05, 0) is 20.3 Å². The Kier molecular flexibility index (Phi) is 6.39. The zero-order valence-corrected chi connectivity index (χ0v) is 8.26. The van der Waals surface area contributed by atoms with E-state index in [4.69, 9.17) is 4.74 Å². The van der Waals surface area contributed by atoms with Crippen LogP contribution in [0.15, 0.2) is 36.0 Å².